The van der Waals surface area contributed by atoms with E-state index < -0.39 is 31.7 Å². The Bertz CT molecular complexity index is 847. The Kier molecular flexibility index (Phi) is 5.94. The summed E-state index contributed by atoms with van der Waals surface area (Å²) in [6.07, 6.45) is 1.00. The molecule has 0 spiro atoms. The number of aromatic carboxylic acids is 1. The van der Waals surface area contributed by atoms with Crippen molar-refractivity contribution >= 4 is 31.5 Å². The molecule has 1 unspecified atom stereocenters. The SMILES string of the molecule is CCCOc1ccc(C(=O)O)cc1NS(=O)(=O)CC1CCS(=O)(=O)C1. The van der Waals surface area contributed by atoms with Crippen LogP contribution in [0.4, 0.5) is 5.69 Å². The first-order valence-electron chi connectivity index (χ1n) is 7.83. The fourth-order valence-corrected chi connectivity index (χ4v) is 6.10. The average molecular weight is 391 g/mol. The molecule has 1 heterocycles. The van der Waals surface area contributed by atoms with E-state index in [0.717, 1.165) is 0 Å². The van der Waals surface area contributed by atoms with Gasteiger partial charge in [0.2, 0.25) is 10.0 Å². The van der Waals surface area contributed by atoms with Gasteiger partial charge in [0.15, 0.2) is 9.84 Å². The van der Waals surface area contributed by atoms with Gasteiger partial charge in [-0.3, -0.25) is 4.72 Å². The molecule has 1 aliphatic heterocycles. The van der Waals surface area contributed by atoms with Gasteiger partial charge in [-0.05, 0) is 37.0 Å². The van der Waals surface area contributed by atoms with E-state index in [1.165, 1.54) is 18.2 Å². The molecular weight excluding hydrogens is 370 g/mol. The van der Waals surface area contributed by atoms with Crippen molar-refractivity contribution in [2.75, 3.05) is 28.6 Å². The molecule has 1 aliphatic rings. The number of carboxylic acid groups (broad SMARTS) is 1. The molecule has 2 rings (SSSR count). The largest absolute Gasteiger partial charge is 0.491 e. The molecule has 25 heavy (non-hydrogen) atoms. The number of hydrogen-bond acceptors (Lipinski definition) is 6. The van der Waals surface area contributed by atoms with Crippen LogP contribution >= 0.6 is 0 Å². The lowest BCUT2D eigenvalue weighted by Gasteiger charge is -2.15. The number of rotatable bonds is 8. The van der Waals surface area contributed by atoms with Crippen LogP contribution < -0.4 is 9.46 Å². The van der Waals surface area contributed by atoms with Crippen LogP contribution in [0.1, 0.15) is 30.1 Å². The van der Waals surface area contributed by atoms with Crippen molar-refractivity contribution in [1.82, 2.24) is 0 Å². The second-order valence-electron chi connectivity index (χ2n) is 6.02. The van der Waals surface area contributed by atoms with E-state index in [1.807, 2.05) is 6.92 Å². The lowest BCUT2D eigenvalue weighted by atomic mass is 10.2. The van der Waals surface area contributed by atoms with E-state index in [-0.39, 0.29) is 34.3 Å². The lowest BCUT2D eigenvalue weighted by Crippen LogP contribution is -2.24. The highest BCUT2D eigenvalue weighted by Gasteiger charge is 2.31. The summed E-state index contributed by atoms with van der Waals surface area (Å²) in [5.41, 5.74) is -0.0424. The summed E-state index contributed by atoms with van der Waals surface area (Å²) in [4.78, 5) is 11.1. The topological polar surface area (TPSA) is 127 Å². The highest BCUT2D eigenvalue weighted by Crippen LogP contribution is 2.28. The maximum absolute atomic E-state index is 12.4. The van der Waals surface area contributed by atoms with Crippen LogP contribution in [0.2, 0.25) is 0 Å². The number of ether oxygens (including phenoxy) is 1. The predicted molar refractivity (Wildman–Crippen MR) is 93.4 cm³/mol. The molecular formula is C15H21NO7S2. The number of carbonyl (C=O) groups is 1. The molecule has 1 saturated heterocycles. The first-order chi connectivity index (χ1) is 11.6. The Morgan fingerprint density at radius 2 is 2.12 bits per heavy atom. The molecule has 1 aromatic carbocycles. The van der Waals surface area contributed by atoms with Crippen molar-refractivity contribution in [2.45, 2.75) is 19.8 Å². The standard InChI is InChI=1S/C15H21NO7S2/c1-2-6-23-14-4-3-12(15(17)18)8-13(14)16-25(21,22)10-11-5-7-24(19,20)9-11/h3-4,8,11,16H,2,5-7,9-10H2,1H3,(H,17,18). The van der Waals surface area contributed by atoms with E-state index >= 15 is 0 Å². The maximum Gasteiger partial charge on any atom is 0.335 e. The molecule has 1 aromatic rings. The van der Waals surface area contributed by atoms with Crippen molar-refractivity contribution in [3.63, 3.8) is 0 Å². The monoisotopic (exact) mass is 391 g/mol. The summed E-state index contributed by atoms with van der Waals surface area (Å²) in [5, 5.41) is 9.08. The second kappa shape index (κ2) is 7.61. The van der Waals surface area contributed by atoms with E-state index in [1.54, 1.807) is 0 Å². The van der Waals surface area contributed by atoms with Crippen molar-refractivity contribution in [2.24, 2.45) is 5.92 Å². The van der Waals surface area contributed by atoms with Gasteiger partial charge in [-0.15, -0.1) is 0 Å². The number of sulfone groups is 1. The Morgan fingerprint density at radius 3 is 2.68 bits per heavy atom. The first-order valence-corrected chi connectivity index (χ1v) is 11.3. The third kappa shape index (κ3) is 5.60. The fraction of sp³-hybridized carbons (Fsp3) is 0.533. The smallest absolute Gasteiger partial charge is 0.335 e. The predicted octanol–water partition coefficient (Wildman–Crippen LogP) is 1.35. The van der Waals surface area contributed by atoms with Crippen LogP contribution in [0.5, 0.6) is 5.75 Å². The molecule has 0 aromatic heterocycles. The molecule has 1 fully saturated rings. The van der Waals surface area contributed by atoms with Crippen LogP contribution in [0, 0.1) is 5.92 Å². The Hall–Kier alpha value is -1.81. The molecule has 0 saturated carbocycles. The number of sulfonamides is 1. The molecule has 0 radical (unpaired) electrons. The van der Waals surface area contributed by atoms with E-state index in [2.05, 4.69) is 4.72 Å². The molecule has 0 bridgehead atoms. The van der Waals surface area contributed by atoms with Crippen molar-refractivity contribution in [3.8, 4) is 5.75 Å². The van der Waals surface area contributed by atoms with Gasteiger partial charge in [0, 0.05) is 0 Å². The average Bonchev–Trinajstić information content (AvgIpc) is 2.83. The molecule has 8 nitrogen and oxygen atoms in total. The molecule has 10 heteroatoms. The summed E-state index contributed by atoms with van der Waals surface area (Å²) in [6.45, 7) is 2.23. The zero-order valence-electron chi connectivity index (χ0n) is 13.8. The van der Waals surface area contributed by atoms with Gasteiger partial charge in [-0.1, -0.05) is 6.92 Å². The molecule has 1 atom stereocenters. The summed E-state index contributed by atoms with van der Waals surface area (Å²) in [6, 6.07) is 3.92. The maximum atomic E-state index is 12.4. The van der Waals surface area contributed by atoms with Gasteiger partial charge < -0.3 is 9.84 Å². The highest BCUT2D eigenvalue weighted by atomic mass is 32.2. The van der Waals surface area contributed by atoms with Gasteiger partial charge in [-0.2, -0.15) is 0 Å². The van der Waals surface area contributed by atoms with Crippen LogP contribution in [0.15, 0.2) is 18.2 Å². The fourth-order valence-electron chi connectivity index (χ4n) is 2.60. The van der Waals surface area contributed by atoms with Crippen molar-refractivity contribution < 1.29 is 31.5 Å². The summed E-state index contributed by atoms with van der Waals surface area (Å²) >= 11 is 0. The van der Waals surface area contributed by atoms with Gasteiger partial charge in [0.25, 0.3) is 0 Å². The van der Waals surface area contributed by atoms with Crippen molar-refractivity contribution in [1.29, 1.82) is 0 Å². The van der Waals surface area contributed by atoms with Crippen LogP contribution in [-0.2, 0) is 19.9 Å². The summed E-state index contributed by atoms with van der Waals surface area (Å²) in [5.74, 6) is -1.92. The van der Waals surface area contributed by atoms with E-state index in [0.29, 0.717) is 19.4 Å². The summed E-state index contributed by atoms with van der Waals surface area (Å²) < 4.78 is 55.5. The van der Waals surface area contributed by atoms with Gasteiger partial charge in [0.1, 0.15) is 5.75 Å². The molecule has 0 aliphatic carbocycles. The van der Waals surface area contributed by atoms with Crippen LogP contribution in [0.3, 0.4) is 0 Å². The highest BCUT2D eigenvalue weighted by molar-refractivity contribution is 7.93. The van der Waals surface area contributed by atoms with Crippen molar-refractivity contribution in [3.05, 3.63) is 23.8 Å². The third-order valence-electron chi connectivity index (χ3n) is 3.74. The Morgan fingerprint density at radius 1 is 1.40 bits per heavy atom. The van der Waals surface area contributed by atoms with Crippen LogP contribution in [0.25, 0.3) is 0 Å². The van der Waals surface area contributed by atoms with Gasteiger partial charge in [0.05, 0.1) is 35.1 Å². The lowest BCUT2D eigenvalue weighted by molar-refractivity contribution is 0.0697. The molecule has 2 N–H and O–H groups in total. The van der Waals surface area contributed by atoms with E-state index in [4.69, 9.17) is 9.84 Å². The molecule has 140 valence electrons. The minimum Gasteiger partial charge on any atom is -0.491 e. The zero-order valence-corrected chi connectivity index (χ0v) is 15.4. The number of hydrogen-bond donors (Lipinski definition) is 2. The minimum atomic E-state index is -3.85. The number of carboxylic acids is 1. The summed E-state index contributed by atoms with van der Waals surface area (Å²) in [7, 11) is -7.02. The van der Waals surface area contributed by atoms with Gasteiger partial charge in [-0.25, -0.2) is 21.6 Å². The zero-order chi connectivity index (χ0) is 18.7. The second-order valence-corrected chi connectivity index (χ2v) is 10.0. The number of anilines is 1. The Balaban J connectivity index is 2.20. The van der Waals surface area contributed by atoms with Gasteiger partial charge >= 0.3 is 5.97 Å². The molecule has 0 amide bonds. The van der Waals surface area contributed by atoms with Crippen LogP contribution in [-0.4, -0.2) is 51.8 Å². The van der Waals surface area contributed by atoms with E-state index in [9.17, 15) is 21.6 Å². The first kappa shape index (κ1) is 19.5. The Labute approximate surface area is 147 Å². The number of nitrogens with one attached hydrogen (secondary N) is 1. The normalized spacial score (nSPS) is 19.5. The quantitative estimate of drug-likeness (QED) is 0.685. The third-order valence-corrected chi connectivity index (χ3v) is 7.01. The minimum absolute atomic E-state index is 0.00739. The number of benzene rings is 1.